The highest BCUT2D eigenvalue weighted by molar-refractivity contribution is 7.17. The van der Waals surface area contributed by atoms with Crippen LogP contribution >= 0.6 is 11.3 Å². The maximum absolute atomic E-state index is 13.2. The quantitative estimate of drug-likeness (QED) is 0.487. The van der Waals surface area contributed by atoms with E-state index in [-0.39, 0.29) is 29.7 Å². The molecule has 0 radical (unpaired) electrons. The first-order chi connectivity index (χ1) is 14.8. The summed E-state index contributed by atoms with van der Waals surface area (Å²) in [5.41, 5.74) is 0.0101. The largest absolute Gasteiger partial charge is 0.435 e. The smallest absolute Gasteiger partial charge is 0.292 e. The highest BCUT2D eigenvalue weighted by Gasteiger charge is 2.38. The lowest BCUT2D eigenvalue weighted by molar-refractivity contribution is -0.141. The van der Waals surface area contributed by atoms with Crippen LogP contribution in [0.2, 0.25) is 0 Å². The van der Waals surface area contributed by atoms with Crippen LogP contribution in [-0.2, 0) is 12.7 Å². The number of ketones is 1. The molecule has 10 heteroatoms. The number of hydrogen-bond donors (Lipinski definition) is 0. The van der Waals surface area contributed by atoms with E-state index in [1.165, 1.54) is 26.5 Å². The minimum atomic E-state index is -4.52. The van der Waals surface area contributed by atoms with Gasteiger partial charge in [-0.15, -0.1) is 11.3 Å². The monoisotopic (exact) mass is 450 g/mol. The van der Waals surface area contributed by atoms with Gasteiger partial charge in [-0.05, 0) is 44.1 Å². The van der Waals surface area contributed by atoms with Crippen molar-refractivity contribution in [3.63, 3.8) is 0 Å². The molecule has 0 bridgehead atoms. The van der Waals surface area contributed by atoms with Crippen LogP contribution in [0.5, 0.6) is 0 Å². The van der Waals surface area contributed by atoms with Crippen molar-refractivity contribution < 1.29 is 18.0 Å². The number of nitrogens with zero attached hydrogens (tertiary/aromatic N) is 4. The molecule has 164 valence electrons. The van der Waals surface area contributed by atoms with Crippen LogP contribution in [0.4, 0.5) is 13.2 Å². The van der Waals surface area contributed by atoms with Crippen LogP contribution in [0.25, 0.3) is 4.96 Å². The van der Waals surface area contributed by atoms with Crippen molar-refractivity contribution in [3.05, 3.63) is 50.1 Å². The molecule has 0 aliphatic heterocycles. The van der Waals surface area contributed by atoms with Crippen molar-refractivity contribution in [1.29, 1.82) is 0 Å². The molecule has 2 fully saturated rings. The van der Waals surface area contributed by atoms with Crippen LogP contribution < -0.4 is 5.56 Å². The summed E-state index contributed by atoms with van der Waals surface area (Å²) in [5, 5.41) is 3.75. The highest BCUT2D eigenvalue weighted by atomic mass is 32.1. The molecule has 3 aromatic heterocycles. The summed E-state index contributed by atoms with van der Waals surface area (Å²) in [6.07, 6.45) is 0.155. The van der Waals surface area contributed by atoms with Crippen molar-refractivity contribution in [3.8, 4) is 0 Å². The first kappa shape index (κ1) is 20.4. The topological polar surface area (TPSA) is 69.3 Å². The third-order valence-corrected chi connectivity index (χ3v) is 6.90. The van der Waals surface area contributed by atoms with Gasteiger partial charge < -0.3 is 0 Å². The minimum absolute atomic E-state index is 0.0114. The van der Waals surface area contributed by atoms with Crippen molar-refractivity contribution in [2.45, 2.75) is 70.0 Å². The normalized spacial score (nSPS) is 16.9. The molecule has 0 amide bonds. The molecule has 0 saturated heterocycles. The number of fused-ring (bicyclic) bond motifs is 1. The van der Waals surface area contributed by atoms with E-state index in [1.807, 2.05) is 6.92 Å². The van der Waals surface area contributed by atoms with E-state index in [0.717, 1.165) is 36.6 Å². The van der Waals surface area contributed by atoms with Gasteiger partial charge in [0.25, 0.3) is 5.56 Å². The first-order valence-electron chi connectivity index (χ1n) is 10.5. The molecule has 0 atom stereocenters. The third-order valence-electron chi connectivity index (χ3n) is 5.70. The Kier molecular flexibility index (Phi) is 4.80. The first-order valence-corrected chi connectivity index (χ1v) is 11.3. The molecule has 0 spiro atoms. The van der Waals surface area contributed by atoms with Crippen LogP contribution in [0, 0.1) is 0 Å². The molecule has 0 unspecified atom stereocenters. The predicted molar refractivity (Wildman–Crippen MR) is 109 cm³/mol. The molecule has 31 heavy (non-hydrogen) atoms. The lowest BCUT2D eigenvalue weighted by Gasteiger charge is -2.07. The molecule has 6 nitrogen and oxygen atoms in total. The Balaban J connectivity index is 1.56. The molecule has 5 rings (SSSR count). The number of carbonyl (C=O) groups is 1. The number of Topliss-reactive ketones (excluding diaryl/α,β-unsaturated/α-hetero) is 1. The van der Waals surface area contributed by atoms with E-state index in [0.29, 0.717) is 34.9 Å². The van der Waals surface area contributed by atoms with Crippen molar-refractivity contribution >= 4 is 22.1 Å². The Labute approximate surface area is 179 Å². The van der Waals surface area contributed by atoms with Crippen molar-refractivity contribution in [1.82, 2.24) is 19.2 Å². The van der Waals surface area contributed by atoms with Crippen LogP contribution in [0.1, 0.15) is 89.7 Å². The van der Waals surface area contributed by atoms with Gasteiger partial charge in [-0.3, -0.25) is 14.3 Å². The highest BCUT2D eigenvalue weighted by Crippen LogP contribution is 2.45. The van der Waals surface area contributed by atoms with Gasteiger partial charge in [-0.1, -0.05) is 6.92 Å². The standard InChI is InChI=1S/C21H21F3N4O2S/c1-2-3-15(29)18-19(12-6-7-12)31-20-25-13(8-17(30)28(18)20)10-27-14(11-4-5-11)9-16(26-27)21(22,23)24/h8-9,11-12H,2-7,10H2,1H3. The third kappa shape index (κ3) is 3.81. The Hall–Kier alpha value is -2.49. The Morgan fingerprint density at radius 1 is 1.19 bits per heavy atom. The van der Waals surface area contributed by atoms with Gasteiger partial charge in [0.2, 0.25) is 0 Å². The number of halogens is 3. The van der Waals surface area contributed by atoms with Crippen LogP contribution in [0.15, 0.2) is 16.9 Å². The van der Waals surface area contributed by atoms with Gasteiger partial charge in [0.05, 0.1) is 12.2 Å². The Bertz CT molecular complexity index is 1230. The molecule has 2 aliphatic rings. The fourth-order valence-corrected chi connectivity index (χ4v) is 5.24. The number of carbonyl (C=O) groups excluding carboxylic acids is 1. The van der Waals surface area contributed by atoms with E-state index in [9.17, 15) is 22.8 Å². The fraction of sp³-hybridized carbons (Fsp3) is 0.524. The van der Waals surface area contributed by atoms with Crippen LogP contribution in [0.3, 0.4) is 0 Å². The van der Waals surface area contributed by atoms with Crippen molar-refractivity contribution in [2.75, 3.05) is 0 Å². The van der Waals surface area contributed by atoms with E-state index < -0.39 is 11.9 Å². The lowest BCUT2D eigenvalue weighted by atomic mass is 10.1. The lowest BCUT2D eigenvalue weighted by Crippen LogP contribution is -2.20. The van der Waals surface area contributed by atoms with Gasteiger partial charge in [0, 0.05) is 29.0 Å². The zero-order chi connectivity index (χ0) is 21.9. The number of rotatable bonds is 7. The zero-order valence-corrected chi connectivity index (χ0v) is 17.7. The average molecular weight is 450 g/mol. The molecule has 3 heterocycles. The second-order valence-electron chi connectivity index (χ2n) is 8.35. The summed E-state index contributed by atoms with van der Waals surface area (Å²) in [6.45, 7) is 1.90. The van der Waals surface area contributed by atoms with E-state index >= 15 is 0 Å². The molecule has 2 aliphatic carbocycles. The predicted octanol–water partition coefficient (Wildman–Crippen LogP) is 4.76. The van der Waals surface area contributed by atoms with Gasteiger partial charge in [-0.2, -0.15) is 18.3 Å². The van der Waals surface area contributed by atoms with Crippen LogP contribution in [-0.4, -0.2) is 24.9 Å². The van der Waals surface area contributed by atoms with Crippen molar-refractivity contribution in [2.24, 2.45) is 0 Å². The zero-order valence-electron chi connectivity index (χ0n) is 16.9. The second kappa shape index (κ2) is 7.29. The summed E-state index contributed by atoms with van der Waals surface area (Å²) in [5.74, 6) is 0.285. The van der Waals surface area contributed by atoms with E-state index in [1.54, 1.807) is 0 Å². The maximum Gasteiger partial charge on any atom is 0.435 e. The Morgan fingerprint density at radius 2 is 1.90 bits per heavy atom. The summed E-state index contributed by atoms with van der Waals surface area (Å²) < 4.78 is 42.2. The number of alkyl halides is 3. The summed E-state index contributed by atoms with van der Waals surface area (Å²) in [4.78, 5) is 31.5. The second-order valence-corrected chi connectivity index (χ2v) is 9.36. The fourth-order valence-electron chi connectivity index (χ4n) is 3.91. The number of aromatic nitrogens is 4. The van der Waals surface area contributed by atoms with Gasteiger partial charge in [0.1, 0.15) is 5.69 Å². The van der Waals surface area contributed by atoms with Gasteiger partial charge in [-0.25, -0.2) is 9.38 Å². The molecule has 0 aromatic carbocycles. The molecule has 0 N–H and O–H groups in total. The molecule has 3 aromatic rings. The number of hydrogen-bond acceptors (Lipinski definition) is 5. The minimum Gasteiger partial charge on any atom is -0.292 e. The molecular weight excluding hydrogens is 429 g/mol. The SMILES string of the molecule is CCCC(=O)c1c(C2CC2)sc2nc(Cn3nc(C(F)(F)F)cc3C3CC3)cc(=O)n12. The summed E-state index contributed by atoms with van der Waals surface area (Å²) >= 11 is 1.34. The maximum atomic E-state index is 13.2. The molecular formula is C21H21F3N4O2S. The Morgan fingerprint density at radius 3 is 2.52 bits per heavy atom. The van der Waals surface area contributed by atoms with Gasteiger partial charge >= 0.3 is 6.18 Å². The molecule has 2 saturated carbocycles. The average Bonchev–Trinajstić information content (AvgIpc) is 3.62. The summed E-state index contributed by atoms with van der Waals surface area (Å²) in [6, 6.07) is 2.41. The van der Waals surface area contributed by atoms with E-state index in [2.05, 4.69) is 10.1 Å². The number of thiazole rings is 1. The summed E-state index contributed by atoms with van der Waals surface area (Å²) in [7, 11) is 0. The van der Waals surface area contributed by atoms with Gasteiger partial charge in [0.15, 0.2) is 16.4 Å². The van der Waals surface area contributed by atoms with E-state index in [4.69, 9.17) is 0 Å².